The predicted molar refractivity (Wildman–Crippen MR) is 117 cm³/mol. The van der Waals surface area contributed by atoms with Crippen molar-refractivity contribution in [2.75, 3.05) is 23.1 Å². The third-order valence-corrected chi connectivity index (χ3v) is 5.01. The second-order valence-electron chi connectivity index (χ2n) is 7.14. The van der Waals surface area contributed by atoms with E-state index in [1.165, 1.54) is 7.11 Å². The molecule has 4 N–H and O–H groups in total. The first-order valence-electron chi connectivity index (χ1n) is 9.66. The number of benzene rings is 2. The largest absolute Gasteiger partial charge is 0.497 e. The Kier molecular flexibility index (Phi) is 5.40. The van der Waals surface area contributed by atoms with Crippen LogP contribution in [0.2, 0.25) is 0 Å². The van der Waals surface area contributed by atoms with Crippen molar-refractivity contribution >= 4 is 35.0 Å². The molecule has 158 valence electrons. The highest BCUT2D eigenvalue weighted by Crippen LogP contribution is 2.31. The van der Waals surface area contributed by atoms with Gasteiger partial charge in [-0.3, -0.25) is 19.4 Å². The van der Waals surface area contributed by atoms with E-state index in [0.29, 0.717) is 11.4 Å². The third kappa shape index (κ3) is 4.25. The number of carbonyl (C=O) groups excluding carboxylic acids is 2. The van der Waals surface area contributed by atoms with Gasteiger partial charge in [0.25, 0.3) is 5.56 Å². The molecule has 3 aromatic rings. The van der Waals surface area contributed by atoms with Gasteiger partial charge < -0.3 is 20.7 Å². The summed E-state index contributed by atoms with van der Waals surface area (Å²) in [4.78, 5) is 45.1. The molecule has 2 amide bonds. The molecule has 2 aromatic carbocycles. The Balaban J connectivity index is 1.65. The van der Waals surface area contributed by atoms with Gasteiger partial charge in [-0.15, -0.1) is 0 Å². The van der Waals surface area contributed by atoms with E-state index in [1.54, 1.807) is 12.1 Å². The highest BCUT2D eigenvalue weighted by molar-refractivity contribution is 6.04. The quantitative estimate of drug-likeness (QED) is 0.504. The van der Waals surface area contributed by atoms with Crippen LogP contribution in [0.5, 0.6) is 5.75 Å². The van der Waals surface area contributed by atoms with Crippen LogP contribution in [0.15, 0.2) is 53.3 Å². The maximum atomic E-state index is 13.0. The van der Waals surface area contributed by atoms with Gasteiger partial charge in [0.1, 0.15) is 11.6 Å². The fourth-order valence-electron chi connectivity index (χ4n) is 3.40. The highest BCUT2D eigenvalue weighted by atomic mass is 16.5. The van der Waals surface area contributed by atoms with Crippen molar-refractivity contribution in [1.82, 2.24) is 9.97 Å². The zero-order valence-electron chi connectivity index (χ0n) is 17.0. The molecule has 0 bridgehead atoms. The van der Waals surface area contributed by atoms with Gasteiger partial charge in [-0.2, -0.15) is 4.98 Å². The zero-order valence-corrected chi connectivity index (χ0v) is 17.0. The van der Waals surface area contributed by atoms with Gasteiger partial charge in [0, 0.05) is 23.9 Å². The monoisotopic (exact) mass is 419 g/mol. The minimum atomic E-state index is -0.976. The lowest BCUT2D eigenvalue weighted by atomic mass is 9.92. The van der Waals surface area contributed by atoms with E-state index in [1.807, 2.05) is 43.3 Å². The maximum Gasteiger partial charge on any atom is 0.258 e. The number of H-pyrrole nitrogens is 1. The molecule has 1 atom stereocenters. The van der Waals surface area contributed by atoms with E-state index in [2.05, 4.69) is 25.9 Å². The van der Waals surface area contributed by atoms with Crippen LogP contribution in [0.25, 0.3) is 0 Å². The molecule has 31 heavy (non-hydrogen) atoms. The summed E-state index contributed by atoms with van der Waals surface area (Å²) < 4.78 is 5.20. The lowest BCUT2D eigenvalue weighted by Crippen LogP contribution is -2.36. The Morgan fingerprint density at radius 3 is 2.68 bits per heavy atom. The number of hydrogen-bond donors (Lipinski definition) is 4. The number of hydrogen-bond acceptors (Lipinski definition) is 6. The molecule has 0 spiro atoms. The van der Waals surface area contributed by atoms with Crippen LogP contribution in [0.1, 0.15) is 23.5 Å². The van der Waals surface area contributed by atoms with E-state index in [9.17, 15) is 14.4 Å². The summed E-state index contributed by atoms with van der Waals surface area (Å²) in [6.07, 6.45) is -0.155. The van der Waals surface area contributed by atoms with E-state index in [0.717, 1.165) is 11.3 Å². The van der Waals surface area contributed by atoms with Crippen molar-refractivity contribution in [2.45, 2.75) is 19.3 Å². The topological polar surface area (TPSA) is 125 Å². The third-order valence-electron chi connectivity index (χ3n) is 5.01. The number of aromatic amines is 1. The number of anilines is 4. The normalized spacial score (nSPS) is 14.9. The molecule has 1 aliphatic heterocycles. The molecule has 1 aromatic heterocycles. The number of fused-ring (bicyclic) bond motifs is 1. The molecule has 0 unspecified atom stereocenters. The number of para-hydroxylation sites is 1. The second kappa shape index (κ2) is 8.31. The maximum absolute atomic E-state index is 13.0. The van der Waals surface area contributed by atoms with Gasteiger partial charge in [0.05, 0.1) is 18.6 Å². The molecule has 9 heteroatoms. The van der Waals surface area contributed by atoms with Crippen molar-refractivity contribution in [2.24, 2.45) is 0 Å². The number of methoxy groups -OCH3 is 1. The average Bonchev–Trinajstić information content (AvgIpc) is 2.75. The van der Waals surface area contributed by atoms with Gasteiger partial charge in [-0.25, -0.2) is 0 Å². The first kappa shape index (κ1) is 20.1. The fraction of sp³-hybridized carbons (Fsp3) is 0.182. The van der Waals surface area contributed by atoms with Gasteiger partial charge in [-0.1, -0.05) is 24.3 Å². The van der Waals surface area contributed by atoms with Crippen LogP contribution in [-0.4, -0.2) is 28.9 Å². The number of aryl methyl sites for hydroxylation is 1. The van der Waals surface area contributed by atoms with Crippen molar-refractivity contribution in [3.05, 3.63) is 70.0 Å². The fourth-order valence-corrected chi connectivity index (χ4v) is 3.40. The summed E-state index contributed by atoms with van der Waals surface area (Å²) in [5.41, 5.74) is 1.71. The molecule has 0 saturated carbocycles. The molecule has 0 saturated heterocycles. The summed E-state index contributed by atoms with van der Waals surface area (Å²) in [5, 5.41) is 8.38. The number of amides is 2. The predicted octanol–water partition coefficient (Wildman–Crippen LogP) is 2.90. The van der Waals surface area contributed by atoms with E-state index in [4.69, 9.17) is 4.74 Å². The Labute approximate surface area is 177 Å². The lowest BCUT2D eigenvalue weighted by Gasteiger charge is -2.24. The Morgan fingerprint density at radius 1 is 1.16 bits per heavy atom. The minimum absolute atomic E-state index is 0.0703. The molecule has 0 aliphatic carbocycles. The summed E-state index contributed by atoms with van der Waals surface area (Å²) in [7, 11) is 1.53. The molecule has 0 fully saturated rings. The Bertz CT molecular complexity index is 1210. The number of aromatic nitrogens is 2. The number of ether oxygens (including phenoxy) is 1. The van der Waals surface area contributed by atoms with Crippen molar-refractivity contribution in [3.8, 4) is 5.75 Å². The molecule has 1 aliphatic rings. The second-order valence-corrected chi connectivity index (χ2v) is 7.14. The lowest BCUT2D eigenvalue weighted by molar-refractivity contribution is -0.123. The SMILES string of the molecule is COc1ccc(C)c(NC(=O)[C@@H]2CC(=O)Nc3nc(Nc4ccccc4)[nH]c(=O)c32)c1. The van der Waals surface area contributed by atoms with Gasteiger partial charge in [0.15, 0.2) is 0 Å². The van der Waals surface area contributed by atoms with Gasteiger partial charge >= 0.3 is 0 Å². The molecule has 0 radical (unpaired) electrons. The van der Waals surface area contributed by atoms with Crippen LogP contribution in [0, 0.1) is 6.92 Å². The Hall–Kier alpha value is -4.14. The average molecular weight is 419 g/mol. The van der Waals surface area contributed by atoms with Crippen molar-refractivity contribution in [1.29, 1.82) is 0 Å². The number of nitrogens with one attached hydrogen (secondary N) is 4. The van der Waals surface area contributed by atoms with Gasteiger partial charge in [0.2, 0.25) is 17.8 Å². The first-order chi connectivity index (χ1) is 14.9. The molecule has 4 rings (SSSR count). The van der Waals surface area contributed by atoms with Gasteiger partial charge in [-0.05, 0) is 30.7 Å². The summed E-state index contributed by atoms with van der Waals surface area (Å²) in [6.45, 7) is 1.84. The molecular formula is C22H21N5O4. The zero-order chi connectivity index (χ0) is 22.0. The summed E-state index contributed by atoms with van der Waals surface area (Å²) in [6, 6.07) is 14.4. The first-order valence-corrected chi connectivity index (χ1v) is 9.66. The van der Waals surface area contributed by atoms with Crippen LogP contribution >= 0.6 is 0 Å². The standard InChI is InChI=1S/C22H21N5O4/c1-12-8-9-14(31-2)10-16(12)24-20(29)15-11-17(28)25-19-18(15)21(30)27-22(26-19)23-13-6-4-3-5-7-13/h3-10,15H,11H2,1-2H3,(H,24,29)(H3,23,25,26,27,28,30)/t15-/m1/s1. The summed E-state index contributed by atoms with van der Waals surface area (Å²) >= 11 is 0. The van der Waals surface area contributed by atoms with E-state index < -0.39 is 23.3 Å². The highest BCUT2D eigenvalue weighted by Gasteiger charge is 2.35. The van der Waals surface area contributed by atoms with E-state index >= 15 is 0 Å². The van der Waals surface area contributed by atoms with Crippen LogP contribution in [0.4, 0.5) is 23.1 Å². The smallest absolute Gasteiger partial charge is 0.258 e. The molecule has 2 heterocycles. The minimum Gasteiger partial charge on any atom is -0.497 e. The Morgan fingerprint density at radius 2 is 1.94 bits per heavy atom. The number of carbonyl (C=O) groups is 2. The van der Waals surface area contributed by atoms with Crippen LogP contribution in [-0.2, 0) is 9.59 Å². The van der Waals surface area contributed by atoms with E-state index in [-0.39, 0.29) is 23.8 Å². The summed E-state index contributed by atoms with van der Waals surface area (Å²) in [5.74, 6) is -1.02. The van der Waals surface area contributed by atoms with Crippen molar-refractivity contribution < 1.29 is 14.3 Å². The number of nitrogens with zero attached hydrogens (tertiary/aromatic N) is 1. The number of rotatable bonds is 5. The van der Waals surface area contributed by atoms with Crippen LogP contribution < -0.4 is 26.2 Å². The molecule has 9 nitrogen and oxygen atoms in total. The van der Waals surface area contributed by atoms with Crippen molar-refractivity contribution in [3.63, 3.8) is 0 Å². The molecular weight excluding hydrogens is 398 g/mol. The van der Waals surface area contributed by atoms with Crippen LogP contribution in [0.3, 0.4) is 0 Å².